The van der Waals surface area contributed by atoms with Crippen molar-refractivity contribution in [3.63, 3.8) is 0 Å². The topological polar surface area (TPSA) is 93.1 Å². The van der Waals surface area contributed by atoms with Gasteiger partial charge in [-0.2, -0.15) is 0 Å². The van der Waals surface area contributed by atoms with Crippen LogP contribution in [0.2, 0.25) is 0 Å². The van der Waals surface area contributed by atoms with E-state index in [1.807, 2.05) is 0 Å². The summed E-state index contributed by atoms with van der Waals surface area (Å²) in [5, 5.41) is 20.7. The third kappa shape index (κ3) is 5.22. The number of nitrogens with zero attached hydrogens (tertiary/aromatic N) is 2. The van der Waals surface area contributed by atoms with Crippen LogP contribution in [0.3, 0.4) is 0 Å². The Labute approximate surface area is 135 Å². The minimum atomic E-state index is -0.584. The number of hydrogen-bond donors (Lipinski definition) is 3. The highest BCUT2D eigenvalue weighted by atomic mass is 16.3. The normalized spacial score (nSPS) is 15.4. The predicted molar refractivity (Wildman–Crippen MR) is 84.9 cm³/mol. The Morgan fingerprint density at radius 1 is 1.09 bits per heavy atom. The van der Waals surface area contributed by atoms with Crippen molar-refractivity contribution in [3.05, 3.63) is 29.8 Å². The molecule has 0 bridgehead atoms. The SMILES string of the molecule is O=C(NCCc1ccc(O)cc1)C(=O)N1CCN(CCO)CC1. The first-order valence-corrected chi connectivity index (χ1v) is 7.78. The summed E-state index contributed by atoms with van der Waals surface area (Å²) in [5.74, 6) is -0.882. The van der Waals surface area contributed by atoms with Crippen LogP contribution < -0.4 is 5.32 Å². The van der Waals surface area contributed by atoms with Crippen LogP contribution in [-0.4, -0.2) is 77.7 Å². The Morgan fingerprint density at radius 3 is 2.35 bits per heavy atom. The van der Waals surface area contributed by atoms with E-state index < -0.39 is 11.8 Å². The maximum absolute atomic E-state index is 12.1. The number of benzene rings is 1. The van der Waals surface area contributed by atoms with Crippen molar-refractivity contribution in [3.8, 4) is 5.75 Å². The summed E-state index contributed by atoms with van der Waals surface area (Å²) in [6, 6.07) is 6.75. The zero-order valence-corrected chi connectivity index (χ0v) is 13.1. The summed E-state index contributed by atoms with van der Waals surface area (Å²) in [5.41, 5.74) is 0.980. The van der Waals surface area contributed by atoms with Crippen LogP contribution in [0.15, 0.2) is 24.3 Å². The summed E-state index contributed by atoms with van der Waals surface area (Å²) in [6.45, 7) is 3.43. The monoisotopic (exact) mass is 321 g/mol. The molecule has 1 aliphatic rings. The van der Waals surface area contributed by atoms with E-state index in [9.17, 15) is 14.7 Å². The van der Waals surface area contributed by atoms with Gasteiger partial charge in [0.15, 0.2) is 0 Å². The molecular formula is C16H23N3O4. The van der Waals surface area contributed by atoms with Crippen LogP contribution in [0, 0.1) is 0 Å². The standard InChI is InChI=1S/C16H23N3O4/c20-12-11-18-7-9-19(10-8-18)16(23)15(22)17-6-5-13-1-3-14(21)4-2-13/h1-4,20-21H,5-12H2,(H,17,22). The van der Waals surface area contributed by atoms with Crippen molar-refractivity contribution in [2.24, 2.45) is 0 Å². The number of carbonyl (C=O) groups is 2. The van der Waals surface area contributed by atoms with Crippen molar-refractivity contribution < 1.29 is 19.8 Å². The van der Waals surface area contributed by atoms with Crippen LogP contribution in [0.5, 0.6) is 5.75 Å². The second kappa shape index (κ2) is 8.50. The average Bonchev–Trinajstić information content (AvgIpc) is 2.57. The number of aliphatic hydroxyl groups is 1. The summed E-state index contributed by atoms with van der Waals surface area (Å²) < 4.78 is 0. The summed E-state index contributed by atoms with van der Waals surface area (Å²) in [6.07, 6.45) is 0.601. The van der Waals surface area contributed by atoms with Crippen LogP contribution in [0.25, 0.3) is 0 Å². The lowest BCUT2D eigenvalue weighted by molar-refractivity contribution is -0.147. The number of amides is 2. The number of phenols is 1. The molecule has 1 fully saturated rings. The first-order chi connectivity index (χ1) is 11.1. The summed E-state index contributed by atoms with van der Waals surface area (Å²) in [4.78, 5) is 27.6. The smallest absolute Gasteiger partial charge is 0.311 e. The fraction of sp³-hybridized carbons (Fsp3) is 0.500. The molecule has 1 saturated heterocycles. The fourth-order valence-electron chi connectivity index (χ4n) is 2.52. The molecule has 2 rings (SSSR count). The number of piperazine rings is 1. The van der Waals surface area contributed by atoms with Gasteiger partial charge in [0.05, 0.1) is 6.61 Å². The molecule has 1 aliphatic heterocycles. The molecule has 0 aliphatic carbocycles. The highest BCUT2D eigenvalue weighted by Gasteiger charge is 2.25. The molecule has 7 heteroatoms. The Balaban J connectivity index is 1.71. The van der Waals surface area contributed by atoms with Gasteiger partial charge in [-0.05, 0) is 24.1 Å². The maximum Gasteiger partial charge on any atom is 0.311 e. The molecule has 0 spiro atoms. The first-order valence-electron chi connectivity index (χ1n) is 7.78. The number of phenolic OH excluding ortho intramolecular Hbond substituents is 1. The molecule has 1 heterocycles. The number of hydrogen-bond acceptors (Lipinski definition) is 5. The van der Waals surface area contributed by atoms with Gasteiger partial charge in [0.2, 0.25) is 0 Å². The fourth-order valence-corrected chi connectivity index (χ4v) is 2.52. The molecule has 23 heavy (non-hydrogen) atoms. The van der Waals surface area contributed by atoms with Crippen molar-refractivity contribution in [1.82, 2.24) is 15.1 Å². The molecule has 0 aromatic heterocycles. The van der Waals surface area contributed by atoms with Crippen LogP contribution >= 0.6 is 0 Å². The minimum Gasteiger partial charge on any atom is -0.508 e. The molecular weight excluding hydrogens is 298 g/mol. The number of rotatable bonds is 5. The minimum absolute atomic E-state index is 0.103. The van der Waals surface area contributed by atoms with Crippen LogP contribution in [0.4, 0.5) is 0 Å². The number of nitrogens with one attached hydrogen (secondary N) is 1. The maximum atomic E-state index is 12.1. The Kier molecular flexibility index (Phi) is 6.37. The molecule has 7 nitrogen and oxygen atoms in total. The van der Waals surface area contributed by atoms with E-state index in [-0.39, 0.29) is 12.4 Å². The molecule has 1 aromatic carbocycles. The van der Waals surface area contributed by atoms with Gasteiger partial charge >= 0.3 is 11.8 Å². The number of aliphatic hydroxyl groups excluding tert-OH is 1. The lowest BCUT2D eigenvalue weighted by atomic mass is 10.1. The van der Waals surface area contributed by atoms with E-state index in [4.69, 9.17) is 5.11 Å². The number of aromatic hydroxyl groups is 1. The van der Waals surface area contributed by atoms with Crippen molar-refractivity contribution in [2.45, 2.75) is 6.42 Å². The van der Waals surface area contributed by atoms with Gasteiger partial charge < -0.3 is 20.4 Å². The van der Waals surface area contributed by atoms with E-state index in [1.54, 1.807) is 29.2 Å². The van der Waals surface area contributed by atoms with Gasteiger partial charge in [-0.1, -0.05) is 12.1 Å². The molecule has 0 unspecified atom stereocenters. The Morgan fingerprint density at radius 2 is 1.74 bits per heavy atom. The Hall–Kier alpha value is -2.12. The largest absolute Gasteiger partial charge is 0.508 e. The second-order valence-corrected chi connectivity index (χ2v) is 5.53. The molecule has 2 amide bonds. The van der Waals surface area contributed by atoms with Gasteiger partial charge in [-0.25, -0.2) is 0 Å². The third-order valence-electron chi connectivity index (χ3n) is 3.91. The lowest BCUT2D eigenvalue weighted by Gasteiger charge is -2.33. The van der Waals surface area contributed by atoms with E-state index in [2.05, 4.69) is 10.2 Å². The molecule has 3 N–H and O–H groups in total. The molecule has 0 radical (unpaired) electrons. The quantitative estimate of drug-likeness (QED) is 0.617. The number of β-amino-alcohol motifs (C(OH)–C–C–N with tert-alkyl or cyclic N) is 1. The molecule has 1 aromatic rings. The van der Waals surface area contributed by atoms with Gasteiger partial charge in [-0.3, -0.25) is 14.5 Å². The first kappa shape index (κ1) is 17.2. The summed E-state index contributed by atoms with van der Waals surface area (Å²) in [7, 11) is 0. The average molecular weight is 321 g/mol. The highest BCUT2D eigenvalue weighted by molar-refractivity contribution is 6.35. The van der Waals surface area contributed by atoms with E-state index in [0.29, 0.717) is 45.7 Å². The zero-order chi connectivity index (χ0) is 16.7. The van der Waals surface area contributed by atoms with Crippen molar-refractivity contribution in [2.75, 3.05) is 45.9 Å². The Bertz CT molecular complexity index is 525. The van der Waals surface area contributed by atoms with Crippen LogP contribution in [0.1, 0.15) is 5.56 Å². The van der Waals surface area contributed by atoms with E-state index in [1.165, 1.54) is 0 Å². The number of carbonyl (C=O) groups excluding carboxylic acids is 2. The summed E-state index contributed by atoms with van der Waals surface area (Å²) >= 11 is 0. The van der Waals surface area contributed by atoms with E-state index in [0.717, 1.165) is 5.56 Å². The van der Waals surface area contributed by atoms with E-state index >= 15 is 0 Å². The molecule has 126 valence electrons. The van der Waals surface area contributed by atoms with Crippen molar-refractivity contribution in [1.29, 1.82) is 0 Å². The lowest BCUT2D eigenvalue weighted by Crippen LogP contribution is -2.53. The highest BCUT2D eigenvalue weighted by Crippen LogP contribution is 2.09. The molecule has 0 saturated carbocycles. The predicted octanol–water partition coefficient (Wildman–Crippen LogP) is -0.813. The van der Waals surface area contributed by atoms with Gasteiger partial charge in [-0.15, -0.1) is 0 Å². The zero-order valence-electron chi connectivity index (χ0n) is 13.1. The molecule has 0 atom stereocenters. The third-order valence-corrected chi connectivity index (χ3v) is 3.91. The van der Waals surface area contributed by atoms with Crippen LogP contribution in [-0.2, 0) is 16.0 Å². The van der Waals surface area contributed by atoms with Gasteiger partial charge in [0.1, 0.15) is 5.75 Å². The second-order valence-electron chi connectivity index (χ2n) is 5.53. The van der Waals surface area contributed by atoms with Gasteiger partial charge in [0, 0.05) is 39.3 Å². The van der Waals surface area contributed by atoms with Gasteiger partial charge in [0.25, 0.3) is 0 Å². The van der Waals surface area contributed by atoms with Crippen molar-refractivity contribution >= 4 is 11.8 Å².